The third-order valence-electron chi connectivity index (χ3n) is 1.94. The van der Waals surface area contributed by atoms with Gasteiger partial charge in [-0.15, -0.1) is 0 Å². The number of carbonyl (C=O) groups is 1. The highest BCUT2D eigenvalue weighted by molar-refractivity contribution is 5.70. The van der Waals surface area contributed by atoms with Crippen molar-refractivity contribution in [3.8, 4) is 0 Å². The molecule has 0 bridgehead atoms. The molecule has 94 valence electrons. The number of rotatable bonds is 8. The van der Waals surface area contributed by atoms with E-state index in [1.165, 1.54) is 0 Å². The molecule has 1 rings (SSSR count). The summed E-state index contributed by atoms with van der Waals surface area (Å²) in [5, 5.41) is 0. The molecule has 1 unspecified atom stereocenters. The van der Waals surface area contributed by atoms with Crippen LogP contribution in [-0.4, -0.2) is 12.1 Å². The monoisotopic (exact) mass is 243 g/mol. The second kappa shape index (κ2) is 8.60. The lowest BCUT2D eigenvalue weighted by atomic mass is 10.0. The third kappa shape index (κ3) is 6.14. The first-order valence-electron chi connectivity index (χ1n) is 13.4. The summed E-state index contributed by atoms with van der Waals surface area (Å²) in [6.45, 7) is -3.80. The van der Waals surface area contributed by atoms with E-state index in [0.717, 1.165) is 0 Å². The Bertz CT molecular complexity index is 738. The third-order valence-corrected chi connectivity index (χ3v) is 1.94. The van der Waals surface area contributed by atoms with Gasteiger partial charge in [0.2, 0.25) is 0 Å². The van der Waals surface area contributed by atoms with Gasteiger partial charge in [-0.25, -0.2) is 0 Å². The smallest absolute Gasteiger partial charge is 0.306 e. The molecule has 2 heteroatoms. The summed E-state index contributed by atoms with van der Waals surface area (Å²) in [5.74, 6) is -0.683. The van der Waals surface area contributed by atoms with Crippen molar-refractivity contribution in [1.29, 1.82) is 0 Å². The van der Waals surface area contributed by atoms with Crippen molar-refractivity contribution in [2.75, 3.05) is 0 Å². The SMILES string of the molecule is [2H]C([2H])([2H])C([2H])([2H])C([2H])([2H])C([2H])([2H])C([2H])([2H])C([2H])([2H])C([2H])([2H])C([2H])([2H])CC1CCCC(=O)O1. The van der Waals surface area contributed by atoms with Crippen LogP contribution in [0.25, 0.3) is 0 Å². The minimum atomic E-state index is -4.30. The largest absolute Gasteiger partial charge is 0.462 e. The zero-order valence-corrected chi connectivity index (χ0v) is 8.72. The molecule has 0 radical (unpaired) electrons. The van der Waals surface area contributed by atoms with E-state index in [4.69, 9.17) is 28.0 Å². The Labute approximate surface area is 124 Å². The van der Waals surface area contributed by atoms with E-state index < -0.39 is 70.0 Å². The van der Waals surface area contributed by atoms with Crippen LogP contribution in [-0.2, 0) is 9.53 Å². The van der Waals surface area contributed by atoms with Crippen LogP contribution < -0.4 is 0 Å². The van der Waals surface area contributed by atoms with Gasteiger partial charge >= 0.3 is 5.97 Å². The molecule has 1 fully saturated rings. The molecule has 16 heavy (non-hydrogen) atoms. The summed E-state index contributed by atoms with van der Waals surface area (Å²) in [6, 6.07) is 0. The normalized spacial score (nSPS) is 43.6. The van der Waals surface area contributed by atoms with Crippen LogP contribution in [0, 0.1) is 0 Å². The summed E-state index contributed by atoms with van der Waals surface area (Å²) >= 11 is 0. The van der Waals surface area contributed by atoms with Crippen LogP contribution >= 0.6 is 0 Å². The number of ether oxygens (including phenoxy) is 1. The molecule has 0 aliphatic carbocycles. The van der Waals surface area contributed by atoms with Crippen LogP contribution in [0.4, 0.5) is 0 Å². The predicted molar refractivity (Wildman–Crippen MR) is 66.3 cm³/mol. The molecule has 1 saturated heterocycles. The highest BCUT2D eigenvalue weighted by atomic mass is 16.5. The van der Waals surface area contributed by atoms with Crippen LogP contribution in [0.2, 0.25) is 0 Å². The Hall–Kier alpha value is -0.530. The Morgan fingerprint density at radius 2 is 2.06 bits per heavy atom. The van der Waals surface area contributed by atoms with Crippen LogP contribution in [0.15, 0.2) is 0 Å². The molecule has 0 aromatic rings. The molecular weight excluding hydrogens is 200 g/mol. The molecule has 0 aromatic heterocycles. The number of carbonyl (C=O) groups excluding carboxylic acids is 1. The fourth-order valence-corrected chi connectivity index (χ4v) is 1.26. The van der Waals surface area contributed by atoms with Crippen molar-refractivity contribution < 1.29 is 32.8 Å². The molecular formula is C14H26O2. The summed E-state index contributed by atoms with van der Waals surface area (Å²) in [4.78, 5) is 11.4. The highest BCUT2D eigenvalue weighted by Gasteiger charge is 2.19. The molecule has 1 aliphatic rings. The standard InChI is InChI=1S/C14H26O2/c1-2-3-4-5-6-7-8-10-13-11-9-12-14(15)16-13/h13H,2-12H2,1H3/i1D3,2D2,3D2,4D2,5D2,6D2,7D2,8D2. The second-order valence-corrected chi connectivity index (χ2v) is 3.13. The molecule has 0 saturated carbocycles. The van der Waals surface area contributed by atoms with Crippen molar-refractivity contribution >= 4 is 5.97 Å². The molecule has 0 spiro atoms. The van der Waals surface area contributed by atoms with Crippen molar-refractivity contribution in [2.45, 2.75) is 83.2 Å². The number of cyclic esters (lactones) is 1. The molecule has 0 amide bonds. The van der Waals surface area contributed by atoms with E-state index >= 15 is 0 Å². The molecule has 1 atom stereocenters. The average molecular weight is 243 g/mol. The first-order chi connectivity index (χ1) is 14.2. The minimum absolute atomic E-state index is 0.0521. The molecule has 2 nitrogen and oxygen atoms in total. The second-order valence-electron chi connectivity index (χ2n) is 3.13. The van der Waals surface area contributed by atoms with E-state index in [-0.39, 0.29) is 12.8 Å². The van der Waals surface area contributed by atoms with Gasteiger partial charge in [0.15, 0.2) is 0 Å². The fourth-order valence-electron chi connectivity index (χ4n) is 1.26. The molecule has 0 aromatic carbocycles. The number of esters is 1. The van der Waals surface area contributed by atoms with E-state index in [9.17, 15) is 4.79 Å². The lowest BCUT2D eigenvalue weighted by Gasteiger charge is -2.21. The van der Waals surface area contributed by atoms with Crippen molar-refractivity contribution in [3.63, 3.8) is 0 Å². The summed E-state index contributed by atoms with van der Waals surface area (Å²) in [6.07, 6.45) is -29.7. The van der Waals surface area contributed by atoms with Gasteiger partial charge in [-0.2, -0.15) is 0 Å². The summed E-state index contributed by atoms with van der Waals surface area (Å²) in [7, 11) is 0. The van der Waals surface area contributed by atoms with Crippen LogP contribution in [0.1, 0.15) is 100 Å². The van der Waals surface area contributed by atoms with Gasteiger partial charge in [-0.1, -0.05) is 45.1 Å². The summed E-state index contributed by atoms with van der Waals surface area (Å²) < 4.78 is 137. The van der Waals surface area contributed by atoms with Gasteiger partial charge in [0.05, 0.1) is 0 Å². The Morgan fingerprint density at radius 3 is 2.81 bits per heavy atom. The first kappa shape index (κ1) is 3.07. The zero-order valence-electron chi connectivity index (χ0n) is 25.7. The molecule has 1 aliphatic heterocycles. The van der Waals surface area contributed by atoms with Gasteiger partial charge in [-0.3, -0.25) is 4.79 Å². The van der Waals surface area contributed by atoms with E-state index in [0.29, 0.717) is 6.42 Å². The van der Waals surface area contributed by atoms with Crippen molar-refractivity contribution in [1.82, 2.24) is 0 Å². The lowest BCUT2D eigenvalue weighted by Crippen LogP contribution is -2.23. The van der Waals surface area contributed by atoms with E-state index in [2.05, 4.69) is 0 Å². The van der Waals surface area contributed by atoms with E-state index in [1.54, 1.807) is 0 Å². The lowest BCUT2D eigenvalue weighted by molar-refractivity contribution is -0.154. The number of hydrogen-bond acceptors (Lipinski definition) is 2. The van der Waals surface area contributed by atoms with Gasteiger partial charge in [-0.05, 0) is 25.6 Å². The predicted octanol–water partition coefficient (Wildman–Crippen LogP) is 4.22. The van der Waals surface area contributed by atoms with Crippen LogP contribution in [0.5, 0.6) is 0 Å². The van der Waals surface area contributed by atoms with Crippen molar-refractivity contribution in [3.05, 3.63) is 0 Å². The van der Waals surface area contributed by atoms with Crippen LogP contribution in [0.3, 0.4) is 0 Å². The Kier molecular flexibility index (Phi) is 1.65. The molecule has 1 heterocycles. The maximum absolute atomic E-state index is 11.4. The highest BCUT2D eigenvalue weighted by Crippen LogP contribution is 2.19. The average Bonchev–Trinajstić information content (AvgIpc) is 2.59. The Morgan fingerprint density at radius 1 is 1.31 bits per heavy atom. The van der Waals surface area contributed by atoms with E-state index in [1.807, 2.05) is 0 Å². The first-order valence-corrected chi connectivity index (χ1v) is 4.92. The zero-order chi connectivity index (χ0) is 26.7. The van der Waals surface area contributed by atoms with Gasteiger partial charge < -0.3 is 4.74 Å². The van der Waals surface area contributed by atoms with Crippen molar-refractivity contribution in [2.24, 2.45) is 0 Å². The summed E-state index contributed by atoms with van der Waals surface area (Å²) in [5.41, 5.74) is 0. The maximum atomic E-state index is 11.4. The Balaban J connectivity index is 3.48. The maximum Gasteiger partial charge on any atom is 0.306 e. The van der Waals surface area contributed by atoms with Gasteiger partial charge in [0.1, 0.15) is 6.10 Å². The fraction of sp³-hybridized carbons (Fsp3) is 0.929. The number of hydrogen-bond donors (Lipinski definition) is 0. The molecule has 0 N–H and O–H groups in total. The van der Waals surface area contributed by atoms with Gasteiger partial charge in [0.25, 0.3) is 0 Å². The minimum Gasteiger partial charge on any atom is -0.462 e. The quantitative estimate of drug-likeness (QED) is 0.597. The topological polar surface area (TPSA) is 26.3 Å². The van der Waals surface area contributed by atoms with Gasteiger partial charge in [0, 0.05) is 29.7 Å².